The van der Waals surface area contributed by atoms with Gasteiger partial charge in [-0.1, -0.05) is 19.1 Å². The molecular formula is C14H19N3O4. The summed E-state index contributed by atoms with van der Waals surface area (Å²) < 4.78 is 0. The van der Waals surface area contributed by atoms with Crippen LogP contribution in [0.2, 0.25) is 0 Å². The monoisotopic (exact) mass is 293 g/mol. The van der Waals surface area contributed by atoms with Crippen LogP contribution >= 0.6 is 0 Å². The highest BCUT2D eigenvalue weighted by molar-refractivity contribution is 5.91. The average Bonchev–Trinajstić information content (AvgIpc) is 2.37. The van der Waals surface area contributed by atoms with Crippen LogP contribution in [0.15, 0.2) is 24.3 Å². The molecule has 0 aliphatic rings. The molecule has 4 N–H and O–H groups in total. The number of amides is 3. The average molecular weight is 293 g/mol. The molecule has 1 aromatic rings. The SMILES string of the molecule is CC(CC(=O)O)c1ccc(NC(=O)N(C)CC(N)=O)cc1. The zero-order valence-corrected chi connectivity index (χ0v) is 12.0. The van der Waals surface area contributed by atoms with Gasteiger partial charge in [0, 0.05) is 12.7 Å². The number of hydrogen-bond acceptors (Lipinski definition) is 3. The number of carboxylic acid groups (broad SMARTS) is 1. The van der Waals surface area contributed by atoms with E-state index in [1.54, 1.807) is 24.3 Å². The number of anilines is 1. The topological polar surface area (TPSA) is 113 Å². The van der Waals surface area contributed by atoms with Gasteiger partial charge in [0.1, 0.15) is 6.54 Å². The normalized spacial score (nSPS) is 11.5. The van der Waals surface area contributed by atoms with E-state index >= 15 is 0 Å². The molecule has 0 bridgehead atoms. The Kier molecular flexibility index (Phi) is 5.71. The molecule has 1 unspecified atom stereocenters. The molecule has 7 heteroatoms. The molecule has 0 heterocycles. The molecule has 0 fully saturated rings. The number of carbonyl (C=O) groups excluding carboxylic acids is 2. The fraction of sp³-hybridized carbons (Fsp3) is 0.357. The van der Waals surface area contributed by atoms with Crippen molar-refractivity contribution in [2.75, 3.05) is 18.9 Å². The number of benzene rings is 1. The predicted octanol–water partition coefficient (Wildman–Crippen LogP) is 1.21. The summed E-state index contributed by atoms with van der Waals surface area (Å²) in [6, 6.07) is 6.45. The van der Waals surface area contributed by atoms with Crippen LogP contribution in [0.4, 0.5) is 10.5 Å². The number of nitrogens with two attached hydrogens (primary N) is 1. The molecule has 1 rings (SSSR count). The summed E-state index contributed by atoms with van der Waals surface area (Å²) in [6.45, 7) is 1.65. The second-order valence-electron chi connectivity index (χ2n) is 4.87. The van der Waals surface area contributed by atoms with Gasteiger partial charge in [-0.15, -0.1) is 0 Å². The molecule has 7 nitrogen and oxygen atoms in total. The Morgan fingerprint density at radius 1 is 1.29 bits per heavy atom. The van der Waals surface area contributed by atoms with Gasteiger partial charge >= 0.3 is 12.0 Å². The molecule has 0 radical (unpaired) electrons. The lowest BCUT2D eigenvalue weighted by atomic mass is 9.98. The van der Waals surface area contributed by atoms with Crippen molar-refractivity contribution < 1.29 is 19.5 Å². The van der Waals surface area contributed by atoms with Gasteiger partial charge in [-0.2, -0.15) is 0 Å². The van der Waals surface area contributed by atoms with Crippen molar-refractivity contribution in [1.29, 1.82) is 0 Å². The van der Waals surface area contributed by atoms with Crippen LogP contribution in [0.5, 0.6) is 0 Å². The Morgan fingerprint density at radius 3 is 2.33 bits per heavy atom. The summed E-state index contributed by atoms with van der Waals surface area (Å²) in [4.78, 5) is 34.3. The van der Waals surface area contributed by atoms with Crippen LogP contribution in [0, 0.1) is 0 Å². The molecule has 0 spiro atoms. The number of primary amides is 1. The third-order valence-electron chi connectivity index (χ3n) is 2.95. The van der Waals surface area contributed by atoms with Crippen LogP contribution in [0.3, 0.4) is 0 Å². The summed E-state index contributed by atoms with van der Waals surface area (Å²) in [5, 5.41) is 11.4. The number of urea groups is 1. The van der Waals surface area contributed by atoms with Crippen molar-refractivity contribution >= 4 is 23.6 Å². The Balaban J connectivity index is 2.64. The van der Waals surface area contributed by atoms with E-state index in [9.17, 15) is 14.4 Å². The van der Waals surface area contributed by atoms with Crippen molar-refractivity contribution in [3.8, 4) is 0 Å². The first-order chi connectivity index (χ1) is 9.79. The molecule has 1 atom stereocenters. The van der Waals surface area contributed by atoms with Gasteiger partial charge in [0.15, 0.2) is 0 Å². The quantitative estimate of drug-likeness (QED) is 0.731. The standard InChI is InChI=1S/C14H19N3O4/c1-9(7-13(19)20)10-3-5-11(6-4-10)16-14(21)17(2)8-12(15)18/h3-6,9H,7-8H2,1-2H3,(H2,15,18)(H,16,21)(H,19,20). The number of aliphatic carboxylic acids is 1. The Hall–Kier alpha value is -2.57. The van der Waals surface area contributed by atoms with E-state index in [4.69, 9.17) is 10.8 Å². The summed E-state index contributed by atoms with van der Waals surface area (Å²) in [5.41, 5.74) is 6.44. The molecule has 114 valence electrons. The number of carboxylic acids is 1. The van der Waals surface area contributed by atoms with Crippen LogP contribution in [0.1, 0.15) is 24.8 Å². The highest BCUT2D eigenvalue weighted by atomic mass is 16.4. The predicted molar refractivity (Wildman–Crippen MR) is 78.0 cm³/mol. The van der Waals surface area contributed by atoms with Gasteiger partial charge in [0.2, 0.25) is 5.91 Å². The van der Waals surface area contributed by atoms with E-state index in [0.717, 1.165) is 5.56 Å². The summed E-state index contributed by atoms with van der Waals surface area (Å²) in [5.74, 6) is -1.55. The lowest BCUT2D eigenvalue weighted by Gasteiger charge is -2.16. The molecule has 0 saturated heterocycles. The second-order valence-corrected chi connectivity index (χ2v) is 4.87. The second kappa shape index (κ2) is 7.28. The van der Waals surface area contributed by atoms with Crippen LogP contribution in [-0.4, -0.2) is 41.5 Å². The Bertz CT molecular complexity index is 528. The van der Waals surface area contributed by atoms with Crippen molar-refractivity contribution in [3.63, 3.8) is 0 Å². The minimum Gasteiger partial charge on any atom is -0.481 e. The van der Waals surface area contributed by atoms with Gasteiger partial charge in [0.25, 0.3) is 0 Å². The largest absolute Gasteiger partial charge is 0.481 e. The zero-order chi connectivity index (χ0) is 16.0. The maximum Gasteiger partial charge on any atom is 0.322 e. The fourth-order valence-corrected chi connectivity index (χ4v) is 1.80. The zero-order valence-electron chi connectivity index (χ0n) is 12.0. The first-order valence-corrected chi connectivity index (χ1v) is 6.41. The van der Waals surface area contributed by atoms with Gasteiger partial charge in [0.05, 0.1) is 6.42 Å². The van der Waals surface area contributed by atoms with Crippen molar-refractivity contribution in [1.82, 2.24) is 4.90 Å². The van der Waals surface area contributed by atoms with Gasteiger partial charge in [-0.05, 0) is 23.6 Å². The third kappa shape index (κ3) is 5.52. The van der Waals surface area contributed by atoms with E-state index in [1.807, 2.05) is 6.92 Å². The first kappa shape index (κ1) is 16.5. The lowest BCUT2D eigenvalue weighted by molar-refractivity contribution is -0.137. The maximum atomic E-state index is 11.7. The number of hydrogen-bond donors (Lipinski definition) is 3. The van der Waals surface area contributed by atoms with E-state index in [0.29, 0.717) is 5.69 Å². The van der Waals surface area contributed by atoms with Crippen molar-refractivity contribution in [3.05, 3.63) is 29.8 Å². The van der Waals surface area contributed by atoms with Crippen molar-refractivity contribution in [2.24, 2.45) is 5.73 Å². The minimum atomic E-state index is -0.854. The number of rotatable bonds is 6. The maximum absolute atomic E-state index is 11.7. The summed E-state index contributed by atoms with van der Waals surface area (Å²) >= 11 is 0. The smallest absolute Gasteiger partial charge is 0.322 e. The van der Waals surface area contributed by atoms with Crippen LogP contribution in [-0.2, 0) is 9.59 Å². The molecule has 3 amide bonds. The van der Waals surface area contributed by atoms with Crippen LogP contribution < -0.4 is 11.1 Å². The summed E-state index contributed by atoms with van der Waals surface area (Å²) in [6.07, 6.45) is 0.0487. The van der Waals surface area contributed by atoms with Gasteiger partial charge in [-0.25, -0.2) is 4.79 Å². The van der Waals surface area contributed by atoms with E-state index in [2.05, 4.69) is 5.32 Å². The minimum absolute atomic E-state index is 0.0487. The highest BCUT2D eigenvalue weighted by Crippen LogP contribution is 2.21. The third-order valence-corrected chi connectivity index (χ3v) is 2.95. The lowest BCUT2D eigenvalue weighted by Crippen LogP contribution is -2.38. The van der Waals surface area contributed by atoms with Crippen molar-refractivity contribution in [2.45, 2.75) is 19.3 Å². The molecule has 0 aliphatic carbocycles. The first-order valence-electron chi connectivity index (χ1n) is 6.41. The Labute approximate surface area is 122 Å². The van der Waals surface area contributed by atoms with E-state index in [1.165, 1.54) is 11.9 Å². The highest BCUT2D eigenvalue weighted by Gasteiger charge is 2.12. The summed E-state index contributed by atoms with van der Waals surface area (Å²) in [7, 11) is 1.46. The molecule has 1 aromatic carbocycles. The Morgan fingerprint density at radius 2 is 1.86 bits per heavy atom. The van der Waals surface area contributed by atoms with Gasteiger partial charge < -0.3 is 21.1 Å². The molecule has 0 saturated carbocycles. The van der Waals surface area contributed by atoms with E-state index in [-0.39, 0.29) is 18.9 Å². The molecular weight excluding hydrogens is 274 g/mol. The molecule has 0 aliphatic heterocycles. The van der Waals surface area contributed by atoms with Crippen LogP contribution in [0.25, 0.3) is 0 Å². The number of likely N-dealkylation sites (N-methyl/N-ethyl adjacent to an activating group) is 1. The number of nitrogens with one attached hydrogen (secondary N) is 1. The number of carbonyl (C=O) groups is 3. The number of nitrogens with zero attached hydrogens (tertiary/aromatic N) is 1. The van der Waals surface area contributed by atoms with Gasteiger partial charge in [-0.3, -0.25) is 9.59 Å². The fourth-order valence-electron chi connectivity index (χ4n) is 1.80. The molecule has 0 aromatic heterocycles. The molecule has 21 heavy (non-hydrogen) atoms. The van der Waals surface area contributed by atoms with E-state index < -0.39 is 17.9 Å².